The largest absolute Gasteiger partial charge is 0.496 e. The van der Waals surface area contributed by atoms with Crippen molar-refractivity contribution < 1.29 is 24.2 Å². The van der Waals surface area contributed by atoms with Crippen molar-refractivity contribution in [3.05, 3.63) is 48.2 Å². The minimum Gasteiger partial charge on any atom is -0.496 e. The number of carbonyl (C=O) groups is 2. The quantitative estimate of drug-likeness (QED) is 0.459. The average molecular weight is 479 g/mol. The Bertz CT molecular complexity index is 1250. The zero-order valence-corrected chi connectivity index (χ0v) is 20.3. The van der Waals surface area contributed by atoms with Crippen molar-refractivity contribution in [2.45, 2.75) is 57.7 Å². The molecule has 2 atom stereocenters. The fourth-order valence-electron chi connectivity index (χ4n) is 4.27. The maximum absolute atomic E-state index is 12.2. The van der Waals surface area contributed by atoms with Gasteiger partial charge in [-0.15, -0.1) is 0 Å². The first-order valence-electron chi connectivity index (χ1n) is 11.6. The van der Waals surface area contributed by atoms with Gasteiger partial charge in [0, 0.05) is 23.2 Å². The van der Waals surface area contributed by atoms with Gasteiger partial charge in [0.1, 0.15) is 11.4 Å². The van der Waals surface area contributed by atoms with Crippen LogP contribution in [0.4, 0.5) is 10.7 Å². The van der Waals surface area contributed by atoms with Gasteiger partial charge in [-0.3, -0.25) is 0 Å². The number of carboxylic acid groups (broad SMARTS) is 1. The Labute approximate surface area is 203 Å². The van der Waals surface area contributed by atoms with Gasteiger partial charge >= 0.3 is 12.1 Å². The molecule has 0 saturated heterocycles. The molecule has 3 aromatic rings. The predicted molar refractivity (Wildman–Crippen MR) is 133 cm³/mol. The van der Waals surface area contributed by atoms with E-state index in [1.54, 1.807) is 25.4 Å². The summed E-state index contributed by atoms with van der Waals surface area (Å²) in [4.78, 5) is 32.7. The number of amides is 1. The third kappa shape index (κ3) is 5.79. The van der Waals surface area contributed by atoms with Crippen LogP contribution in [0.15, 0.2) is 42.6 Å². The Balaban J connectivity index is 1.52. The van der Waals surface area contributed by atoms with Crippen LogP contribution in [0.1, 0.15) is 50.4 Å². The highest BCUT2D eigenvalue weighted by Crippen LogP contribution is 2.33. The van der Waals surface area contributed by atoms with Crippen LogP contribution in [0.25, 0.3) is 22.0 Å². The van der Waals surface area contributed by atoms with Crippen molar-refractivity contribution in [2.24, 2.45) is 0 Å². The molecule has 1 aliphatic rings. The summed E-state index contributed by atoms with van der Waals surface area (Å²) in [6.45, 7) is 5.51. The van der Waals surface area contributed by atoms with Gasteiger partial charge in [0.25, 0.3) is 0 Å². The number of methoxy groups -OCH3 is 1. The van der Waals surface area contributed by atoms with Gasteiger partial charge in [-0.2, -0.15) is 0 Å². The molecule has 1 saturated carbocycles. The SMILES string of the molecule is COc1ccc(C(=O)O)cc1-c1ccc2nc(N[C@@H]3CCC[C@@H]3NC(=O)OC(C)(C)C)ncc2c1. The number of carbonyl (C=O) groups excluding carboxylic acids is 1. The minimum absolute atomic E-state index is 0.00209. The number of anilines is 1. The van der Waals surface area contributed by atoms with E-state index in [0.29, 0.717) is 17.3 Å². The first-order valence-corrected chi connectivity index (χ1v) is 11.6. The van der Waals surface area contributed by atoms with E-state index in [0.717, 1.165) is 35.7 Å². The monoisotopic (exact) mass is 478 g/mol. The molecular weight excluding hydrogens is 448 g/mol. The number of benzene rings is 2. The Hall–Kier alpha value is -3.88. The Kier molecular flexibility index (Phi) is 6.77. The molecule has 9 heteroatoms. The summed E-state index contributed by atoms with van der Waals surface area (Å²) in [5.74, 6) is 0.0667. The molecule has 1 aliphatic carbocycles. The molecule has 2 aromatic carbocycles. The number of fused-ring (bicyclic) bond motifs is 1. The minimum atomic E-state index is -1.000. The van der Waals surface area contributed by atoms with E-state index in [9.17, 15) is 14.7 Å². The van der Waals surface area contributed by atoms with E-state index in [1.165, 1.54) is 6.07 Å². The Morgan fingerprint density at radius 1 is 1.09 bits per heavy atom. The standard InChI is InChI=1S/C26H30N4O5/c1-26(2,3)35-25(33)30-21-7-5-6-20(21)29-24-27-14-17-12-15(8-10-19(17)28-24)18-13-16(23(31)32)9-11-22(18)34-4/h8-14,20-21H,5-7H2,1-4H3,(H,30,33)(H,31,32)(H,27,28,29)/t20-,21+/m1/s1. The van der Waals surface area contributed by atoms with Gasteiger partial charge in [0.15, 0.2) is 0 Å². The molecular formula is C26H30N4O5. The number of nitrogens with zero attached hydrogens (tertiary/aromatic N) is 2. The number of aromatic carboxylic acids is 1. The lowest BCUT2D eigenvalue weighted by Gasteiger charge is -2.25. The van der Waals surface area contributed by atoms with Crippen LogP contribution in [0, 0.1) is 0 Å². The fourth-order valence-corrected chi connectivity index (χ4v) is 4.27. The van der Waals surface area contributed by atoms with Gasteiger partial charge in [-0.25, -0.2) is 19.6 Å². The third-order valence-electron chi connectivity index (χ3n) is 5.87. The summed E-state index contributed by atoms with van der Waals surface area (Å²) in [6.07, 6.45) is 4.02. The van der Waals surface area contributed by atoms with Crippen molar-refractivity contribution in [1.29, 1.82) is 0 Å². The highest BCUT2D eigenvalue weighted by atomic mass is 16.6. The van der Waals surface area contributed by atoms with Crippen LogP contribution >= 0.6 is 0 Å². The molecule has 1 heterocycles. The number of carboxylic acids is 1. The molecule has 9 nitrogen and oxygen atoms in total. The van der Waals surface area contributed by atoms with E-state index in [1.807, 2.05) is 39.0 Å². The summed E-state index contributed by atoms with van der Waals surface area (Å²) in [7, 11) is 1.55. The molecule has 184 valence electrons. The zero-order chi connectivity index (χ0) is 25.2. The van der Waals surface area contributed by atoms with E-state index in [-0.39, 0.29) is 17.6 Å². The van der Waals surface area contributed by atoms with Crippen molar-refractivity contribution >= 4 is 28.9 Å². The number of ether oxygens (including phenoxy) is 2. The van der Waals surface area contributed by atoms with E-state index < -0.39 is 17.7 Å². The van der Waals surface area contributed by atoms with Gasteiger partial charge < -0.3 is 25.2 Å². The summed E-state index contributed by atoms with van der Waals surface area (Å²) >= 11 is 0. The number of nitrogens with one attached hydrogen (secondary N) is 2. The van der Waals surface area contributed by atoms with Crippen LogP contribution in [-0.2, 0) is 4.74 Å². The Morgan fingerprint density at radius 3 is 2.57 bits per heavy atom. The Morgan fingerprint density at radius 2 is 1.86 bits per heavy atom. The van der Waals surface area contributed by atoms with Gasteiger partial charge in [0.05, 0.1) is 24.2 Å². The van der Waals surface area contributed by atoms with Gasteiger partial charge in [0.2, 0.25) is 5.95 Å². The highest BCUT2D eigenvalue weighted by molar-refractivity contribution is 5.92. The molecule has 1 fully saturated rings. The van der Waals surface area contributed by atoms with Crippen LogP contribution in [0.5, 0.6) is 5.75 Å². The summed E-state index contributed by atoms with van der Waals surface area (Å²) in [6, 6.07) is 10.3. The van der Waals surface area contributed by atoms with Crippen LogP contribution in [0.3, 0.4) is 0 Å². The molecule has 1 amide bonds. The van der Waals surface area contributed by atoms with Crippen molar-refractivity contribution in [2.75, 3.05) is 12.4 Å². The van der Waals surface area contributed by atoms with Crippen molar-refractivity contribution in [1.82, 2.24) is 15.3 Å². The van der Waals surface area contributed by atoms with Crippen molar-refractivity contribution in [3.63, 3.8) is 0 Å². The maximum Gasteiger partial charge on any atom is 0.407 e. The predicted octanol–water partition coefficient (Wildman–Crippen LogP) is 4.86. The second kappa shape index (κ2) is 9.77. The second-order valence-corrected chi connectivity index (χ2v) is 9.62. The molecule has 0 spiro atoms. The first-order chi connectivity index (χ1) is 16.6. The van der Waals surface area contributed by atoms with Crippen LogP contribution in [-0.4, -0.2) is 51.9 Å². The fraction of sp³-hybridized carbons (Fsp3) is 0.385. The normalized spacial score (nSPS) is 17.7. The van der Waals surface area contributed by atoms with Crippen molar-refractivity contribution in [3.8, 4) is 16.9 Å². The molecule has 1 aromatic heterocycles. The number of aromatic nitrogens is 2. The number of rotatable bonds is 6. The smallest absolute Gasteiger partial charge is 0.407 e. The lowest BCUT2D eigenvalue weighted by atomic mass is 10.0. The summed E-state index contributed by atoms with van der Waals surface area (Å²) in [5, 5.41) is 16.5. The van der Waals surface area contributed by atoms with E-state index >= 15 is 0 Å². The van der Waals surface area contributed by atoms with E-state index in [4.69, 9.17) is 9.47 Å². The number of hydrogen-bond acceptors (Lipinski definition) is 7. The highest BCUT2D eigenvalue weighted by Gasteiger charge is 2.30. The van der Waals surface area contributed by atoms with Crippen LogP contribution in [0.2, 0.25) is 0 Å². The number of alkyl carbamates (subject to hydrolysis) is 1. The molecule has 0 radical (unpaired) electrons. The lowest BCUT2D eigenvalue weighted by Crippen LogP contribution is -2.45. The molecule has 0 aliphatic heterocycles. The van der Waals surface area contributed by atoms with Crippen LogP contribution < -0.4 is 15.4 Å². The molecule has 0 unspecified atom stereocenters. The van der Waals surface area contributed by atoms with E-state index in [2.05, 4.69) is 20.6 Å². The molecule has 35 heavy (non-hydrogen) atoms. The number of hydrogen-bond donors (Lipinski definition) is 3. The average Bonchev–Trinajstić information content (AvgIpc) is 3.23. The molecule has 3 N–H and O–H groups in total. The third-order valence-corrected chi connectivity index (χ3v) is 5.87. The maximum atomic E-state index is 12.2. The topological polar surface area (TPSA) is 123 Å². The zero-order valence-electron chi connectivity index (χ0n) is 20.3. The molecule has 0 bridgehead atoms. The second-order valence-electron chi connectivity index (χ2n) is 9.62. The molecule has 4 rings (SSSR count). The van der Waals surface area contributed by atoms with Gasteiger partial charge in [-0.1, -0.05) is 6.07 Å². The first kappa shape index (κ1) is 24.3. The summed E-state index contributed by atoms with van der Waals surface area (Å²) < 4.78 is 10.8. The lowest BCUT2D eigenvalue weighted by molar-refractivity contribution is 0.0502. The van der Waals surface area contributed by atoms with Gasteiger partial charge in [-0.05, 0) is 75.9 Å². The summed E-state index contributed by atoms with van der Waals surface area (Å²) in [5.41, 5.74) is 1.86.